The molecule has 0 bridgehead atoms. The van der Waals surface area contributed by atoms with Crippen LogP contribution in [0.25, 0.3) is 16.6 Å². The number of nitrogens with zero attached hydrogens (tertiary/aromatic N) is 1. The number of carbonyl (C=O) groups excluding carboxylic acids is 1. The molecule has 0 aliphatic carbocycles. The van der Waals surface area contributed by atoms with Crippen LogP contribution in [-0.2, 0) is 14.8 Å². The molecule has 4 rings (SSSR count). The summed E-state index contributed by atoms with van der Waals surface area (Å²) in [6, 6.07) is 19.8. The average molecular weight is 463 g/mol. The SMILES string of the molecule is CCOC(=O)c1c(C)n(-c2ccccc2C)c2ccc(NS(=O)(=O)c3ccc(C)cc3)cc12. The number of para-hydroxylation sites is 1. The number of aryl methyl sites for hydroxylation is 2. The number of aromatic nitrogens is 1. The quantitative estimate of drug-likeness (QED) is 0.382. The second kappa shape index (κ2) is 8.75. The lowest BCUT2D eigenvalue weighted by Crippen LogP contribution is -2.13. The van der Waals surface area contributed by atoms with Crippen molar-refractivity contribution in [1.29, 1.82) is 0 Å². The first-order valence-electron chi connectivity index (χ1n) is 10.7. The van der Waals surface area contributed by atoms with E-state index >= 15 is 0 Å². The van der Waals surface area contributed by atoms with Gasteiger partial charge in [0.15, 0.2) is 0 Å². The summed E-state index contributed by atoms with van der Waals surface area (Å²) in [5.41, 5.74) is 5.30. The third-order valence-electron chi connectivity index (χ3n) is 5.62. The van der Waals surface area contributed by atoms with Crippen LogP contribution in [0.2, 0.25) is 0 Å². The predicted octanol–water partition coefficient (Wildman–Crippen LogP) is 5.53. The van der Waals surface area contributed by atoms with Gasteiger partial charge in [0.2, 0.25) is 0 Å². The smallest absolute Gasteiger partial charge is 0.340 e. The van der Waals surface area contributed by atoms with Crippen molar-refractivity contribution in [2.24, 2.45) is 0 Å². The minimum absolute atomic E-state index is 0.174. The summed E-state index contributed by atoms with van der Waals surface area (Å²) >= 11 is 0. The van der Waals surface area contributed by atoms with Gasteiger partial charge in [0.05, 0.1) is 22.6 Å². The molecular formula is C26H26N2O4S. The van der Waals surface area contributed by atoms with Gasteiger partial charge in [-0.3, -0.25) is 4.72 Å². The standard InChI is InChI=1S/C26H26N2O4S/c1-5-32-26(29)25-19(4)28(23-9-7-6-8-18(23)3)24-15-12-20(16-22(24)25)27-33(30,31)21-13-10-17(2)11-14-21/h6-16,27H,5H2,1-4H3. The molecule has 1 heterocycles. The van der Waals surface area contributed by atoms with Crippen molar-refractivity contribution in [1.82, 2.24) is 4.57 Å². The molecule has 33 heavy (non-hydrogen) atoms. The molecule has 0 saturated heterocycles. The van der Waals surface area contributed by atoms with Crippen molar-refractivity contribution in [3.8, 4) is 5.69 Å². The van der Waals surface area contributed by atoms with Crippen molar-refractivity contribution in [3.63, 3.8) is 0 Å². The number of hydrogen-bond acceptors (Lipinski definition) is 4. The van der Waals surface area contributed by atoms with Crippen LogP contribution in [0.3, 0.4) is 0 Å². The Morgan fingerprint density at radius 3 is 2.33 bits per heavy atom. The first kappa shape index (κ1) is 22.6. The Morgan fingerprint density at radius 2 is 1.67 bits per heavy atom. The Kier molecular flexibility index (Phi) is 5.99. The minimum Gasteiger partial charge on any atom is -0.462 e. The average Bonchev–Trinajstić information content (AvgIpc) is 3.05. The molecule has 0 spiro atoms. The molecule has 0 aliphatic heterocycles. The monoisotopic (exact) mass is 462 g/mol. The van der Waals surface area contributed by atoms with Gasteiger partial charge in [0, 0.05) is 22.5 Å². The Balaban J connectivity index is 1.87. The highest BCUT2D eigenvalue weighted by Crippen LogP contribution is 2.33. The number of sulfonamides is 1. The summed E-state index contributed by atoms with van der Waals surface area (Å²) in [6.07, 6.45) is 0. The van der Waals surface area contributed by atoms with Crippen LogP contribution in [0.15, 0.2) is 71.6 Å². The topological polar surface area (TPSA) is 77.4 Å². The van der Waals surface area contributed by atoms with Crippen LogP contribution < -0.4 is 4.72 Å². The fraction of sp³-hybridized carbons (Fsp3) is 0.192. The van der Waals surface area contributed by atoms with Crippen LogP contribution in [0.1, 0.15) is 34.1 Å². The van der Waals surface area contributed by atoms with Gasteiger partial charge in [0.1, 0.15) is 0 Å². The van der Waals surface area contributed by atoms with Crippen molar-refractivity contribution >= 4 is 32.6 Å². The number of benzene rings is 3. The molecule has 0 fully saturated rings. The molecule has 0 unspecified atom stereocenters. The Labute approximate surface area is 193 Å². The summed E-state index contributed by atoms with van der Waals surface area (Å²) in [5.74, 6) is -0.439. The van der Waals surface area contributed by atoms with Crippen molar-refractivity contribution < 1.29 is 17.9 Å². The molecule has 0 radical (unpaired) electrons. The van der Waals surface area contributed by atoms with Crippen molar-refractivity contribution in [2.75, 3.05) is 11.3 Å². The Morgan fingerprint density at radius 1 is 0.970 bits per heavy atom. The zero-order valence-electron chi connectivity index (χ0n) is 19.0. The number of rotatable bonds is 6. The van der Waals surface area contributed by atoms with E-state index in [9.17, 15) is 13.2 Å². The number of fused-ring (bicyclic) bond motifs is 1. The molecular weight excluding hydrogens is 436 g/mol. The number of nitrogens with one attached hydrogen (secondary N) is 1. The summed E-state index contributed by atoms with van der Waals surface area (Å²) in [6.45, 7) is 7.78. The van der Waals surface area contributed by atoms with Gasteiger partial charge in [0.25, 0.3) is 10.0 Å². The minimum atomic E-state index is -3.78. The van der Waals surface area contributed by atoms with E-state index in [-0.39, 0.29) is 11.5 Å². The van der Waals surface area contributed by atoms with E-state index in [0.29, 0.717) is 16.6 Å². The number of hydrogen-bond donors (Lipinski definition) is 1. The number of carbonyl (C=O) groups is 1. The zero-order chi connectivity index (χ0) is 23.8. The molecule has 4 aromatic rings. The summed E-state index contributed by atoms with van der Waals surface area (Å²) < 4.78 is 35.8. The highest BCUT2D eigenvalue weighted by atomic mass is 32.2. The second-order valence-corrected chi connectivity index (χ2v) is 9.64. The largest absolute Gasteiger partial charge is 0.462 e. The van der Waals surface area contributed by atoms with E-state index in [1.807, 2.05) is 55.7 Å². The van der Waals surface area contributed by atoms with Crippen LogP contribution in [0.5, 0.6) is 0 Å². The Bertz CT molecular complexity index is 1450. The van der Waals surface area contributed by atoms with E-state index in [1.54, 1.807) is 43.3 Å². The fourth-order valence-corrected chi connectivity index (χ4v) is 5.05. The molecule has 0 saturated carbocycles. The van der Waals surface area contributed by atoms with E-state index in [0.717, 1.165) is 28.0 Å². The van der Waals surface area contributed by atoms with E-state index in [4.69, 9.17) is 4.74 Å². The van der Waals surface area contributed by atoms with Gasteiger partial charge in [-0.15, -0.1) is 0 Å². The van der Waals surface area contributed by atoms with Crippen LogP contribution in [-0.4, -0.2) is 25.6 Å². The predicted molar refractivity (Wildman–Crippen MR) is 131 cm³/mol. The molecule has 1 N–H and O–H groups in total. The third-order valence-corrected chi connectivity index (χ3v) is 7.02. The summed E-state index contributed by atoms with van der Waals surface area (Å²) in [5, 5.41) is 0.623. The molecule has 170 valence electrons. The lowest BCUT2D eigenvalue weighted by molar-refractivity contribution is 0.0527. The molecule has 0 atom stereocenters. The van der Waals surface area contributed by atoms with Crippen molar-refractivity contribution in [2.45, 2.75) is 32.6 Å². The van der Waals surface area contributed by atoms with Crippen molar-refractivity contribution in [3.05, 3.63) is 89.1 Å². The number of anilines is 1. The van der Waals surface area contributed by atoms with Crippen LogP contribution in [0, 0.1) is 20.8 Å². The zero-order valence-corrected chi connectivity index (χ0v) is 19.9. The summed E-state index contributed by atoms with van der Waals surface area (Å²) in [7, 11) is -3.78. The number of ether oxygens (including phenoxy) is 1. The lowest BCUT2D eigenvalue weighted by Gasteiger charge is -2.12. The van der Waals surface area contributed by atoms with E-state index in [1.165, 1.54) is 0 Å². The maximum Gasteiger partial charge on any atom is 0.340 e. The fourth-order valence-electron chi connectivity index (χ4n) is 4.00. The molecule has 3 aromatic carbocycles. The van der Waals surface area contributed by atoms with Gasteiger partial charge in [-0.1, -0.05) is 35.9 Å². The highest BCUT2D eigenvalue weighted by Gasteiger charge is 2.23. The first-order valence-corrected chi connectivity index (χ1v) is 12.2. The van der Waals surface area contributed by atoms with Gasteiger partial charge in [-0.25, -0.2) is 13.2 Å². The van der Waals surface area contributed by atoms with Gasteiger partial charge < -0.3 is 9.30 Å². The van der Waals surface area contributed by atoms with E-state index < -0.39 is 16.0 Å². The Hall–Kier alpha value is -3.58. The third kappa shape index (κ3) is 4.24. The second-order valence-electron chi connectivity index (χ2n) is 7.95. The molecule has 1 aromatic heterocycles. The van der Waals surface area contributed by atoms with Crippen LogP contribution in [0.4, 0.5) is 5.69 Å². The highest BCUT2D eigenvalue weighted by molar-refractivity contribution is 7.92. The van der Waals surface area contributed by atoms with Crippen LogP contribution >= 0.6 is 0 Å². The lowest BCUT2D eigenvalue weighted by atomic mass is 10.1. The maximum absolute atomic E-state index is 12.9. The number of esters is 1. The van der Waals surface area contributed by atoms with Gasteiger partial charge in [-0.05, 0) is 69.7 Å². The summed E-state index contributed by atoms with van der Waals surface area (Å²) in [4.78, 5) is 13.1. The maximum atomic E-state index is 12.9. The molecule has 7 heteroatoms. The molecule has 6 nitrogen and oxygen atoms in total. The molecule has 0 amide bonds. The normalized spacial score (nSPS) is 11.5. The van der Waals surface area contributed by atoms with Gasteiger partial charge >= 0.3 is 5.97 Å². The van der Waals surface area contributed by atoms with E-state index in [2.05, 4.69) is 4.72 Å². The van der Waals surface area contributed by atoms with Gasteiger partial charge in [-0.2, -0.15) is 0 Å². The molecule has 0 aliphatic rings. The first-order chi connectivity index (χ1) is 15.7.